The van der Waals surface area contributed by atoms with E-state index in [9.17, 15) is 4.79 Å². The van der Waals surface area contributed by atoms with E-state index in [4.69, 9.17) is 5.11 Å². The van der Waals surface area contributed by atoms with Gasteiger partial charge in [-0.15, -0.1) is 0 Å². The van der Waals surface area contributed by atoms with Gasteiger partial charge in [0, 0.05) is 19.6 Å². The lowest BCUT2D eigenvalue weighted by atomic mass is 9.96. The third kappa shape index (κ3) is 3.18. The van der Waals surface area contributed by atoms with Crippen molar-refractivity contribution in [2.24, 2.45) is 11.8 Å². The van der Waals surface area contributed by atoms with E-state index >= 15 is 0 Å². The van der Waals surface area contributed by atoms with Gasteiger partial charge in [-0.1, -0.05) is 13.8 Å². The molecule has 15 heavy (non-hydrogen) atoms. The van der Waals surface area contributed by atoms with Crippen LogP contribution in [0.3, 0.4) is 0 Å². The van der Waals surface area contributed by atoms with Crippen LogP contribution < -0.4 is 5.32 Å². The number of hydrogen-bond donors (Lipinski definition) is 2. The molecular formula is C11H22N2O2. The summed E-state index contributed by atoms with van der Waals surface area (Å²) in [7, 11) is 0. The van der Waals surface area contributed by atoms with E-state index in [-0.39, 0.29) is 18.4 Å². The molecule has 0 bridgehead atoms. The van der Waals surface area contributed by atoms with Gasteiger partial charge < -0.3 is 15.3 Å². The normalized spacial score (nSPS) is 25.5. The van der Waals surface area contributed by atoms with E-state index < -0.39 is 0 Å². The van der Waals surface area contributed by atoms with Crippen molar-refractivity contribution < 1.29 is 9.90 Å². The van der Waals surface area contributed by atoms with Crippen molar-refractivity contribution in [3.05, 3.63) is 0 Å². The molecule has 1 heterocycles. The molecule has 88 valence electrons. The molecule has 2 atom stereocenters. The Morgan fingerprint density at radius 1 is 1.47 bits per heavy atom. The van der Waals surface area contributed by atoms with Crippen LogP contribution in [0.25, 0.3) is 0 Å². The number of nitrogens with one attached hydrogen (secondary N) is 1. The Balaban J connectivity index is 2.54. The Morgan fingerprint density at radius 3 is 2.67 bits per heavy atom. The SMILES string of the molecule is CCCN(CCO)C(=O)C1CNCC1C. The van der Waals surface area contributed by atoms with Gasteiger partial charge in [-0.05, 0) is 18.9 Å². The highest BCUT2D eigenvalue weighted by Gasteiger charge is 2.32. The number of amides is 1. The van der Waals surface area contributed by atoms with Crippen LogP contribution in [-0.2, 0) is 4.79 Å². The van der Waals surface area contributed by atoms with Gasteiger partial charge in [0.2, 0.25) is 5.91 Å². The standard InChI is InChI=1S/C11H22N2O2/c1-3-4-13(5-6-14)11(15)10-8-12-7-9(10)2/h9-10,12,14H,3-8H2,1-2H3. The fourth-order valence-electron chi connectivity index (χ4n) is 2.10. The average Bonchev–Trinajstić information content (AvgIpc) is 2.63. The fraction of sp³-hybridized carbons (Fsp3) is 0.909. The van der Waals surface area contributed by atoms with Crippen LogP contribution in [0.4, 0.5) is 0 Å². The molecule has 0 spiro atoms. The minimum Gasteiger partial charge on any atom is -0.395 e. The van der Waals surface area contributed by atoms with Crippen molar-refractivity contribution >= 4 is 5.91 Å². The number of nitrogens with zero attached hydrogens (tertiary/aromatic N) is 1. The van der Waals surface area contributed by atoms with Crippen LogP contribution in [0.1, 0.15) is 20.3 Å². The topological polar surface area (TPSA) is 52.6 Å². The highest BCUT2D eigenvalue weighted by Crippen LogP contribution is 2.18. The lowest BCUT2D eigenvalue weighted by molar-refractivity contribution is -0.136. The number of carbonyl (C=O) groups excluding carboxylic acids is 1. The summed E-state index contributed by atoms with van der Waals surface area (Å²) in [5.74, 6) is 0.710. The van der Waals surface area contributed by atoms with Crippen molar-refractivity contribution in [1.29, 1.82) is 0 Å². The second-order valence-corrected chi connectivity index (χ2v) is 4.29. The summed E-state index contributed by atoms with van der Waals surface area (Å²) in [6.45, 7) is 7.14. The molecule has 1 amide bonds. The molecule has 0 aromatic heterocycles. The summed E-state index contributed by atoms with van der Waals surface area (Å²) < 4.78 is 0. The molecule has 1 aliphatic rings. The Labute approximate surface area is 91.6 Å². The second kappa shape index (κ2) is 6.08. The number of carbonyl (C=O) groups is 1. The number of hydrogen-bond acceptors (Lipinski definition) is 3. The maximum atomic E-state index is 12.1. The molecule has 2 unspecified atom stereocenters. The Kier molecular flexibility index (Phi) is 5.05. The van der Waals surface area contributed by atoms with Crippen molar-refractivity contribution in [3.8, 4) is 0 Å². The summed E-state index contributed by atoms with van der Waals surface area (Å²) >= 11 is 0. The van der Waals surface area contributed by atoms with Crippen molar-refractivity contribution in [2.75, 3.05) is 32.8 Å². The molecule has 0 aromatic rings. The van der Waals surface area contributed by atoms with Gasteiger partial charge in [-0.25, -0.2) is 0 Å². The molecule has 0 radical (unpaired) electrons. The maximum Gasteiger partial charge on any atom is 0.227 e. The van der Waals surface area contributed by atoms with E-state index in [1.54, 1.807) is 4.90 Å². The van der Waals surface area contributed by atoms with Gasteiger partial charge in [-0.2, -0.15) is 0 Å². The molecule has 4 nitrogen and oxygen atoms in total. The van der Waals surface area contributed by atoms with E-state index in [1.807, 2.05) is 6.92 Å². The first-order chi connectivity index (χ1) is 7.20. The zero-order valence-corrected chi connectivity index (χ0v) is 9.70. The van der Waals surface area contributed by atoms with Crippen LogP contribution in [0.15, 0.2) is 0 Å². The van der Waals surface area contributed by atoms with E-state index in [2.05, 4.69) is 12.2 Å². The first-order valence-electron chi connectivity index (χ1n) is 5.81. The highest BCUT2D eigenvalue weighted by molar-refractivity contribution is 5.79. The van der Waals surface area contributed by atoms with Crippen molar-refractivity contribution in [1.82, 2.24) is 10.2 Å². The molecule has 0 aromatic carbocycles. The third-order valence-corrected chi connectivity index (χ3v) is 3.01. The maximum absolute atomic E-state index is 12.1. The monoisotopic (exact) mass is 214 g/mol. The minimum atomic E-state index is 0.0558. The molecular weight excluding hydrogens is 192 g/mol. The minimum absolute atomic E-state index is 0.0558. The lowest BCUT2D eigenvalue weighted by Gasteiger charge is -2.25. The molecule has 1 aliphatic heterocycles. The van der Waals surface area contributed by atoms with Crippen LogP contribution in [-0.4, -0.2) is 48.7 Å². The van der Waals surface area contributed by atoms with Crippen LogP contribution in [0.2, 0.25) is 0 Å². The molecule has 1 fully saturated rings. The second-order valence-electron chi connectivity index (χ2n) is 4.29. The Bertz CT molecular complexity index is 203. The number of aliphatic hydroxyl groups excluding tert-OH is 1. The van der Waals surface area contributed by atoms with Gasteiger partial charge in [0.05, 0.1) is 12.5 Å². The van der Waals surface area contributed by atoms with Gasteiger partial charge in [0.1, 0.15) is 0 Å². The quantitative estimate of drug-likeness (QED) is 0.681. The third-order valence-electron chi connectivity index (χ3n) is 3.01. The zero-order valence-electron chi connectivity index (χ0n) is 9.70. The summed E-state index contributed by atoms with van der Waals surface area (Å²) in [4.78, 5) is 13.9. The average molecular weight is 214 g/mol. The molecule has 4 heteroatoms. The lowest BCUT2D eigenvalue weighted by Crippen LogP contribution is -2.40. The van der Waals surface area contributed by atoms with E-state index in [1.165, 1.54) is 0 Å². The molecule has 0 aliphatic carbocycles. The van der Waals surface area contributed by atoms with E-state index in [0.29, 0.717) is 12.5 Å². The highest BCUT2D eigenvalue weighted by atomic mass is 16.3. The van der Waals surface area contributed by atoms with Crippen molar-refractivity contribution in [2.45, 2.75) is 20.3 Å². The molecule has 0 saturated carbocycles. The summed E-state index contributed by atoms with van der Waals surface area (Å²) in [6, 6.07) is 0. The zero-order chi connectivity index (χ0) is 11.3. The number of aliphatic hydroxyl groups is 1. The summed E-state index contributed by atoms with van der Waals surface area (Å²) in [5.41, 5.74) is 0. The first kappa shape index (κ1) is 12.5. The smallest absolute Gasteiger partial charge is 0.227 e. The Morgan fingerprint density at radius 2 is 2.20 bits per heavy atom. The predicted octanol–water partition coefficient (Wildman–Crippen LogP) is 0.0728. The largest absolute Gasteiger partial charge is 0.395 e. The Hall–Kier alpha value is -0.610. The predicted molar refractivity (Wildman–Crippen MR) is 59.5 cm³/mol. The molecule has 1 rings (SSSR count). The van der Waals surface area contributed by atoms with Gasteiger partial charge in [-0.3, -0.25) is 4.79 Å². The van der Waals surface area contributed by atoms with Crippen LogP contribution in [0.5, 0.6) is 0 Å². The van der Waals surface area contributed by atoms with Gasteiger partial charge >= 0.3 is 0 Å². The molecule has 1 saturated heterocycles. The first-order valence-corrected chi connectivity index (χ1v) is 5.81. The fourth-order valence-corrected chi connectivity index (χ4v) is 2.10. The summed E-state index contributed by atoms with van der Waals surface area (Å²) in [5, 5.41) is 12.1. The van der Waals surface area contributed by atoms with Crippen molar-refractivity contribution in [3.63, 3.8) is 0 Å². The molecule has 2 N–H and O–H groups in total. The van der Waals surface area contributed by atoms with E-state index in [0.717, 1.165) is 26.1 Å². The van der Waals surface area contributed by atoms with Crippen LogP contribution >= 0.6 is 0 Å². The summed E-state index contributed by atoms with van der Waals surface area (Å²) in [6.07, 6.45) is 0.945. The number of rotatable bonds is 5. The van der Waals surface area contributed by atoms with Crippen LogP contribution in [0, 0.1) is 11.8 Å². The van der Waals surface area contributed by atoms with Gasteiger partial charge in [0.25, 0.3) is 0 Å². The van der Waals surface area contributed by atoms with Gasteiger partial charge in [0.15, 0.2) is 0 Å².